The lowest BCUT2D eigenvalue weighted by Gasteiger charge is -2.41. The summed E-state index contributed by atoms with van der Waals surface area (Å²) in [6.45, 7) is 9.13. The Balaban J connectivity index is 1.46. The molecule has 5 rings (SSSR count). The molecule has 1 aromatic heterocycles. The van der Waals surface area contributed by atoms with Crippen LogP contribution in [0.25, 0.3) is 5.57 Å². The normalized spacial score (nSPS) is 20.0. The highest BCUT2D eigenvalue weighted by Crippen LogP contribution is 2.43. The Labute approximate surface area is 230 Å². The van der Waals surface area contributed by atoms with Crippen LogP contribution < -0.4 is 15.5 Å². The van der Waals surface area contributed by atoms with E-state index in [4.69, 9.17) is 12.2 Å². The monoisotopic (exact) mass is 525 g/mol. The van der Waals surface area contributed by atoms with Crippen molar-refractivity contribution in [1.82, 2.24) is 15.2 Å². The van der Waals surface area contributed by atoms with E-state index in [2.05, 4.69) is 77.5 Å². The molecule has 1 fully saturated rings. The van der Waals surface area contributed by atoms with Crippen molar-refractivity contribution in [1.29, 1.82) is 0 Å². The van der Waals surface area contributed by atoms with Crippen LogP contribution in [-0.4, -0.2) is 40.0 Å². The fourth-order valence-electron chi connectivity index (χ4n) is 5.52. The van der Waals surface area contributed by atoms with Gasteiger partial charge in [-0.3, -0.25) is 9.78 Å². The van der Waals surface area contributed by atoms with Crippen molar-refractivity contribution >= 4 is 40.2 Å². The minimum Gasteiger partial charge on any atom is -0.366 e. The number of allylic oxidation sites excluding steroid dienone is 1. The van der Waals surface area contributed by atoms with Crippen LogP contribution >= 0.6 is 12.2 Å². The molecule has 1 amide bonds. The highest BCUT2D eigenvalue weighted by atomic mass is 32.1. The average Bonchev–Trinajstić information content (AvgIpc) is 3.23. The third kappa shape index (κ3) is 4.90. The van der Waals surface area contributed by atoms with Gasteiger partial charge >= 0.3 is 0 Å². The predicted octanol–water partition coefficient (Wildman–Crippen LogP) is 6.02. The van der Waals surface area contributed by atoms with E-state index < -0.39 is 0 Å². The van der Waals surface area contributed by atoms with Gasteiger partial charge in [0.1, 0.15) is 0 Å². The summed E-state index contributed by atoms with van der Waals surface area (Å²) >= 11 is 5.83. The Hall–Kier alpha value is -3.71. The maximum absolute atomic E-state index is 12.9. The number of thiocarbonyl (C=S) groups is 1. The lowest BCUT2D eigenvalue weighted by atomic mass is 9.86. The van der Waals surface area contributed by atoms with Crippen molar-refractivity contribution < 1.29 is 4.79 Å². The molecule has 0 saturated carbocycles. The van der Waals surface area contributed by atoms with Crippen molar-refractivity contribution in [2.45, 2.75) is 51.7 Å². The third-order valence-corrected chi connectivity index (χ3v) is 8.13. The number of carbonyl (C=O) groups excluding carboxylic acids is 1. The van der Waals surface area contributed by atoms with Gasteiger partial charge in [-0.05, 0) is 86.9 Å². The summed E-state index contributed by atoms with van der Waals surface area (Å²) in [4.78, 5) is 22.0. The largest absolute Gasteiger partial charge is 0.366 e. The van der Waals surface area contributed by atoms with Gasteiger partial charge in [0, 0.05) is 43.1 Å². The van der Waals surface area contributed by atoms with Gasteiger partial charge < -0.3 is 20.4 Å². The van der Waals surface area contributed by atoms with Gasteiger partial charge in [-0.2, -0.15) is 0 Å². The highest BCUT2D eigenvalue weighted by molar-refractivity contribution is 7.80. The molecule has 2 aromatic carbocycles. The maximum Gasteiger partial charge on any atom is 0.226 e. The zero-order valence-corrected chi connectivity index (χ0v) is 23.5. The first-order valence-electron chi connectivity index (χ1n) is 13.1. The Morgan fingerprint density at radius 1 is 1.11 bits per heavy atom. The van der Waals surface area contributed by atoms with Gasteiger partial charge in [-0.15, -0.1) is 0 Å². The number of rotatable bonds is 6. The van der Waals surface area contributed by atoms with Crippen LogP contribution in [-0.2, 0) is 4.79 Å². The number of fused-ring (bicyclic) bond motifs is 1. The zero-order chi connectivity index (χ0) is 27.0. The molecular weight excluding hydrogens is 490 g/mol. The number of aromatic nitrogens is 1. The van der Waals surface area contributed by atoms with Crippen molar-refractivity contribution in [3.63, 3.8) is 0 Å². The first kappa shape index (κ1) is 25.9. The van der Waals surface area contributed by atoms with E-state index in [9.17, 15) is 4.79 Å². The second-order valence-electron chi connectivity index (χ2n) is 10.7. The van der Waals surface area contributed by atoms with Crippen LogP contribution in [0.3, 0.4) is 0 Å². The van der Waals surface area contributed by atoms with Crippen LogP contribution in [0.5, 0.6) is 0 Å². The fraction of sp³-hybridized carbons (Fsp3) is 0.323. The highest BCUT2D eigenvalue weighted by Gasteiger charge is 2.40. The summed E-state index contributed by atoms with van der Waals surface area (Å²) < 4.78 is 0. The number of carbonyl (C=O) groups is 1. The molecule has 196 valence electrons. The Kier molecular flexibility index (Phi) is 6.97. The topological polar surface area (TPSA) is 60.5 Å². The molecule has 7 heteroatoms. The van der Waals surface area contributed by atoms with E-state index in [-0.39, 0.29) is 23.5 Å². The van der Waals surface area contributed by atoms with E-state index in [1.54, 1.807) is 0 Å². The number of anilines is 2. The first-order chi connectivity index (χ1) is 18.2. The van der Waals surface area contributed by atoms with Crippen molar-refractivity contribution in [2.24, 2.45) is 0 Å². The van der Waals surface area contributed by atoms with Gasteiger partial charge in [-0.1, -0.05) is 36.4 Å². The number of hydrogen-bond donors (Lipinski definition) is 2. The number of amides is 1. The van der Waals surface area contributed by atoms with Gasteiger partial charge in [0.2, 0.25) is 5.91 Å². The lowest BCUT2D eigenvalue weighted by Crippen LogP contribution is -2.42. The number of hydrogen-bond acceptors (Lipinski definition) is 4. The lowest BCUT2D eigenvalue weighted by molar-refractivity contribution is -0.116. The molecule has 2 aliphatic rings. The van der Waals surface area contributed by atoms with Crippen LogP contribution in [0.1, 0.15) is 61.7 Å². The van der Waals surface area contributed by atoms with Gasteiger partial charge in [0.05, 0.1) is 23.3 Å². The number of nitrogens with one attached hydrogen (secondary N) is 2. The molecule has 1 saturated heterocycles. The number of benzene rings is 2. The molecule has 6 nitrogen and oxygen atoms in total. The first-order valence-corrected chi connectivity index (χ1v) is 13.5. The van der Waals surface area contributed by atoms with Gasteiger partial charge in [0.15, 0.2) is 5.11 Å². The summed E-state index contributed by atoms with van der Waals surface area (Å²) in [5.41, 5.74) is 7.59. The molecule has 0 aliphatic carbocycles. The molecule has 2 atom stereocenters. The van der Waals surface area contributed by atoms with E-state index in [1.165, 1.54) is 16.8 Å². The van der Waals surface area contributed by atoms with Crippen LogP contribution in [0, 0.1) is 6.92 Å². The Morgan fingerprint density at radius 2 is 1.87 bits per heavy atom. The van der Waals surface area contributed by atoms with Crippen molar-refractivity contribution in [3.8, 4) is 0 Å². The minimum absolute atomic E-state index is 0.0322. The van der Waals surface area contributed by atoms with Crippen LogP contribution in [0.4, 0.5) is 11.4 Å². The second-order valence-corrected chi connectivity index (χ2v) is 11.1. The quantitative estimate of drug-likeness (QED) is 0.384. The van der Waals surface area contributed by atoms with Crippen LogP contribution in [0.15, 0.2) is 72.9 Å². The number of likely N-dealkylation sites (N-methyl/N-ethyl adjacent to an activating group) is 1. The van der Waals surface area contributed by atoms with E-state index in [1.807, 2.05) is 55.6 Å². The summed E-state index contributed by atoms with van der Waals surface area (Å²) in [5, 5.41) is 7.19. The molecular formula is C31H35N5OS. The molecule has 3 aromatic rings. The molecule has 0 radical (unpaired) electrons. The third-order valence-electron chi connectivity index (χ3n) is 7.78. The zero-order valence-electron chi connectivity index (χ0n) is 22.7. The number of aryl methyl sites for hydroxylation is 1. The molecule has 0 bridgehead atoms. The molecule has 0 unspecified atom stereocenters. The number of nitrogens with zero attached hydrogens (tertiary/aromatic N) is 3. The minimum atomic E-state index is -0.122. The number of pyridine rings is 1. The molecule has 2 N–H and O–H groups in total. The van der Waals surface area contributed by atoms with Crippen molar-refractivity contribution in [2.75, 3.05) is 23.8 Å². The smallest absolute Gasteiger partial charge is 0.226 e. The van der Waals surface area contributed by atoms with Crippen molar-refractivity contribution in [3.05, 3.63) is 95.3 Å². The van der Waals surface area contributed by atoms with E-state index >= 15 is 0 Å². The van der Waals surface area contributed by atoms with Gasteiger partial charge in [0.25, 0.3) is 0 Å². The molecule has 2 aliphatic heterocycles. The van der Waals surface area contributed by atoms with E-state index in [0.29, 0.717) is 18.1 Å². The summed E-state index contributed by atoms with van der Waals surface area (Å²) in [5.74, 6) is -0.0322. The van der Waals surface area contributed by atoms with Crippen LogP contribution in [0.2, 0.25) is 0 Å². The van der Waals surface area contributed by atoms with E-state index in [0.717, 1.165) is 22.5 Å². The second kappa shape index (κ2) is 10.2. The summed E-state index contributed by atoms with van der Waals surface area (Å²) in [6.07, 6.45) is 4.45. The Bertz CT molecular complexity index is 1400. The molecule has 0 spiro atoms. The summed E-state index contributed by atoms with van der Waals surface area (Å²) in [7, 11) is 2.14. The standard InChI is InChI=1S/C31H35N5OS/c1-20-10-6-7-11-24(20)33-27(37)15-17-36-29(28(34-30(36)38)25-12-8-9-16-32-25)22-13-14-26-23(18-22)21(2)19-31(3,4)35(26)5/h6-14,16,18-19,28-29H,15,17H2,1-5H3,(H,33,37)(H,34,38)/t28-,29+/m1/s1. The SMILES string of the molecule is CC1=CC(C)(C)N(C)c2ccc([C@H]3[C@@H](c4ccccn4)NC(=S)N3CCC(=O)Nc3ccccc3C)cc21. The van der Waals surface area contributed by atoms with Gasteiger partial charge in [-0.25, -0.2) is 0 Å². The maximum atomic E-state index is 12.9. The Morgan fingerprint density at radius 3 is 2.61 bits per heavy atom. The summed E-state index contributed by atoms with van der Waals surface area (Å²) in [6, 6.07) is 20.2. The fourth-order valence-corrected chi connectivity index (χ4v) is 5.85. The molecule has 38 heavy (non-hydrogen) atoms. The predicted molar refractivity (Wildman–Crippen MR) is 159 cm³/mol. The number of para-hydroxylation sites is 1. The molecule has 3 heterocycles. The average molecular weight is 526 g/mol.